The van der Waals surface area contributed by atoms with Crippen LogP contribution in [0.3, 0.4) is 0 Å². The molecule has 0 fully saturated rings. The van der Waals surface area contributed by atoms with Gasteiger partial charge in [0.15, 0.2) is 17.3 Å². The minimum absolute atomic E-state index is 0.00429. The molecule has 0 saturated heterocycles. The van der Waals surface area contributed by atoms with Crippen molar-refractivity contribution in [2.75, 3.05) is 31.9 Å². The average Bonchev–Trinajstić information content (AvgIpc) is 3.26. The Balaban J connectivity index is 0.000000472. The van der Waals surface area contributed by atoms with Crippen molar-refractivity contribution in [2.45, 2.75) is 122 Å². The van der Waals surface area contributed by atoms with Crippen LogP contribution in [-0.2, 0) is 28.8 Å². The van der Waals surface area contributed by atoms with Gasteiger partial charge in [-0.1, -0.05) is 83.1 Å². The first-order valence-electron chi connectivity index (χ1n) is 21.5. The Morgan fingerprint density at radius 1 is 0.349 bits per heavy atom. The molecule has 0 saturated carbocycles. The van der Waals surface area contributed by atoms with Gasteiger partial charge in [0, 0.05) is 90.0 Å². The summed E-state index contributed by atoms with van der Waals surface area (Å²) < 4.78 is 0. The highest BCUT2D eigenvalue weighted by molar-refractivity contribution is 6.07. The molecule has 0 aromatic heterocycles. The minimum Gasteiger partial charge on any atom is -0.326 e. The van der Waals surface area contributed by atoms with Crippen molar-refractivity contribution in [3.05, 3.63) is 71.3 Å². The van der Waals surface area contributed by atoms with Crippen LogP contribution in [0.5, 0.6) is 0 Å². The van der Waals surface area contributed by atoms with Gasteiger partial charge in [0.1, 0.15) is 0 Å². The van der Waals surface area contributed by atoms with Crippen molar-refractivity contribution < 1.29 is 43.2 Å². The second-order valence-electron chi connectivity index (χ2n) is 15.3. The van der Waals surface area contributed by atoms with E-state index in [-0.39, 0.29) is 70.5 Å². The molecule has 0 aliphatic heterocycles. The third-order valence-corrected chi connectivity index (χ3v) is 8.98. The summed E-state index contributed by atoms with van der Waals surface area (Å²) in [5.41, 5.74) is 4.44. The SMILES string of the molecule is CCC(=O)Nc1cc(NC(=O)CC)cc(C(=O)C(C)C)c1.CCC(=O)Nc1ccc(C(=O)C(C)C)cc1NC(=O)CC.CCC(=O)Nc1ccc(NC(=O)CC)c(C(=O)C(C)C)c1. The minimum atomic E-state index is -0.195. The summed E-state index contributed by atoms with van der Waals surface area (Å²) in [7, 11) is 0. The van der Waals surface area contributed by atoms with Gasteiger partial charge in [-0.25, -0.2) is 0 Å². The maximum Gasteiger partial charge on any atom is 0.224 e. The second kappa shape index (κ2) is 27.4. The summed E-state index contributed by atoms with van der Waals surface area (Å²) in [5, 5.41) is 16.3. The molecule has 0 aliphatic carbocycles. The van der Waals surface area contributed by atoms with E-state index >= 15 is 0 Å². The maximum atomic E-state index is 12.3. The summed E-state index contributed by atoms with van der Waals surface area (Å²) in [5.74, 6) is -1.47. The Bertz CT molecular complexity index is 2090. The summed E-state index contributed by atoms with van der Waals surface area (Å²) >= 11 is 0. The lowest BCUT2D eigenvalue weighted by Gasteiger charge is -2.14. The molecule has 63 heavy (non-hydrogen) atoms. The van der Waals surface area contributed by atoms with Crippen molar-refractivity contribution in [2.24, 2.45) is 17.8 Å². The fourth-order valence-electron chi connectivity index (χ4n) is 5.20. The first-order valence-corrected chi connectivity index (χ1v) is 21.5. The number of carbonyl (C=O) groups is 9. The molecule has 0 radical (unpaired) electrons. The summed E-state index contributed by atoms with van der Waals surface area (Å²) in [4.78, 5) is 106. The smallest absolute Gasteiger partial charge is 0.224 e. The molecule has 6 amide bonds. The average molecular weight is 871 g/mol. The Morgan fingerprint density at radius 3 is 1.11 bits per heavy atom. The van der Waals surface area contributed by atoms with Crippen molar-refractivity contribution >= 4 is 86.9 Å². The number of amides is 6. The number of anilines is 6. The third kappa shape index (κ3) is 19.0. The Hall–Kier alpha value is -6.51. The zero-order chi connectivity index (χ0) is 48.0. The van der Waals surface area contributed by atoms with Crippen LogP contribution in [0.15, 0.2) is 54.6 Å². The van der Waals surface area contributed by atoms with Crippen LogP contribution in [0.2, 0.25) is 0 Å². The molecule has 342 valence electrons. The highest BCUT2D eigenvalue weighted by atomic mass is 16.2. The van der Waals surface area contributed by atoms with Gasteiger partial charge in [0.2, 0.25) is 35.4 Å². The Labute approximate surface area is 371 Å². The van der Waals surface area contributed by atoms with Crippen LogP contribution in [0.4, 0.5) is 34.1 Å². The third-order valence-electron chi connectivity index (χ3n) is 8.98. The van der Waals surface area contributed by atoms with Gasteiger partial charge in [-0.15, -0.1) is 0 Å². The van der Waals surface area contributed by atoms with Gasteiger partial charge in [-0.05, 0) is 54.6 Å². The standard InChI is InChI=1S/3C16H22N2O3/c1-5-14(19)17-12-7-11(16(21)10(3)4)8-13(9-12)18-15(20)6-2;1-5-14(19)17-11-7-8-13(18-15(20)6-2)12(9-11)16(21)10(3)4;1-5-14(19)17-12-8-7-11(16(21)10(3)4)9-13(12)18-15(20)6-2/h3*7-10H,5-6H2,1-4H3,(H,17,19)(H,18,20). The fraction of sp³-hybridized carbons (Fsp3) is 0.438. The lowest BCUT2D eigenvalue weighted by atomic mass is 9.98. The summed E-state index contributed by atoms with van der Waals surface area (Å²) in [6, 6.07) is 14.8. The van der Waals surface area contributed by atoms with Gasteiger partial charge < -0.3 is 31.9 Å². The first kappa shape index (κ1) is 54.5. The predicted molar refractivity (Wildman–Crippen MR) is 250 cm³/mol. The first-order chi connectivity index (χ1) is 29.6. The molecule has 0 atom stereocenters. The number of ketones is 3. The molecule has 0 unspecified atom stereocenters. The molecule has 6 N–H and O–H groups in total. The van der Waals surface area contributed by atoms with E-state index in [2.05, 4.69) is 31.9 Å². The Kier molecular flexibility index (Phi) is 23.7. The molecule has 3 aromatic rings. The number of carbonyl (C=O) groups excluding carboxylic acids is 9. The molecular weight excluding hydrogens is 805 g/mol. The number of rotatable bonds is 18. The molecule has 15 heteroatoms. The molecule has 0 spiro atoms. The van der Waals surface area contributed by atoms with Crippen molar-refractivity contribution in [1.29, 1.82) is 0 Å². The van der Waals surface area contributed by atoms with Crippen molar-refractivity contribution in [3.8, 4) is 0 Å². The lowest BCUT2D eigenvalue weighted by molar-refractivity contribution is -0.116. The van der Waals surface area contributed by atoms with Crippen LogP contribution in [-0.4, -0.2) is 52.8 Å². The van der Waals surface area contributed by atoms with E-state index in [4.69, 9.17) is 0 Å². The number of hydrogen-bond donors (Lipinski definition) is 6. The molecule has 3 aromatic carbocycles. The Morgan fingerprint density at radius 2 is 0.698 bits per heavy atom. The second-order valence-corrected chi connectivity index (χ2v) is 15.3. The number of Topliss-reactive ketones (excluding diaryl/α,β-unsaturated/α-hetero) is 3. The molecule has 15 nitrogen and oxygen atoms in total. The van der Waals surface area contributed by atoms with E-state index in [9.17, 15) is 43.2 Å². The summed E-state index contributed by atoms with van der Waals surface area (Å²) in [6.45, 7) is 21.3. The number of benzene rings is 3. The van der Waals surface area contributed by atoms with E-state index in [0.717, 1.165) is 0 Å². The number of hydrogen-bond acceptors (Lipinski definition) is 9. The fourth-order valence-corrected chi connectivity index (χ4v) is 5.20. The normalized spacial score (nSPS) is 10.3. The highest BCUT2D eigenvalue weighted by Crippen LogP contribution is 2.27. The van der Waals surface area contributed by atoms with E-state index in [1.807, 2.05) is 27.7 Å². The van der Waals surface area contributed by atoms with Gasteiger partial charge in [0.25, 0.3) is 0 Å². The maximum absolute atomic E-state index is 12.3. The van der Waals surface area contributed by atoms with Crippen LogP contribution >= 0.6 is 0 Å². The quantitative estimate of drug-likeness (QED) is 0.0668. The zero-order valence-corrected chi connectivity index (χ0v) is 38.8. The van der Waals surface area contributed by atoms with E-state index in [1.165, 1.54) is 0 Å². The van der Waals surface area contributed by atoms with Gasteiger partial charge in [0.05, 0.1) is 17.1 Å². The van der Waals surface area contributed by atoms with Gasteiger partial charge >= 0.3 is 0 Å². The van der Waals surface area contributed by atoms with E-state index < -0.39 is 0 Å². The lowest BCUT2D eigenvalue weighted by Crippen LogP contribution is -2.17. The van der Waals surface area contributed by atoms with Crippen LogP contribution in [0, 0.1) is 17.8 Å². The van der Waals surface area contributed by atoms with Crippen LogP contribution < -0.4 is 31.9 Å². The van der Waals surface area contributed by atoms with E-state index in [0.29, 0.717) is 89.3 Å². The number of nitrogens with one attached hydrogen (secondary N) is 6. The zero-order valence-electron chi connectivity index (χ0n) is 38.8. The van der Waals surface area contributed by atoms with Crippen LogP contribution in [0.25, 0.3) is 0 Å². The van der Waals surface area contributed by atoms with Crippen molar-refractivity contribution in [3.63, 3.8) is 0 Å². The molecule has 0 heterocycles. The largest absolute Gasteiger partial charge is 0.326 e. The van der Waals surface area contributed by atoms with Crippen LogP contribution in [0.1, 0.15) is 153 Å². The predicted octanol–water partition coefficient (Wildman–Crippen LogP) is 9.67. The molecule has 0 bridgehead atoms. The summed E-state index contributed by atoms with van der Waals surface area (Å²) in [6.07, 6.45) is 2.06. The van der Waals surface area contributed by atoms with Gasteiger partial charge in [-0.3, -0.25) is 43.2 Å². The van der Waals surface area contributed by atoms with Gasteiger partial charge in [-0.2, -0.15) is 0 Å². The highest BCUT2D eigenvalue weighted by Gasteiger charge is 2.19. The van der Waals surface area contributed by atoms with Crippen molar-refractivity contribution in [1.82, 2.24) is 0 Å². The molecule has 3 rings (SSSR count). The molecular formula is C48H66N6O9. The monoisotopic (exact) mass is 870 g/mol. The molecule has 0 aliphatic rings. The topological polar surface area (TPSA) is 226 Å². The van der Waals surface area contributed by atoms with E-state index in [1.54, 1.807) is 110 Å².